The highest BCUT2D eigenvalue weighted by Gasteiger charge is 2.52. The van der Waals surface area contributed by atoms with Crippen LogP contribution in [-0.2, 0) is 9.31 Å². The Labute approximate surface area is 99.7 Å². The summed E-state index contributed by atoms with van der Waals surface area (Å²) in [6, 6.07) is 1.54. The Hall–Kier alpha value is -1.34. The third-order valence-electron chi connectivity index (χ3n) is 3.29. The van der Waals surface area contributed by atoms with Crippen LogP contribution < -0.4 is 10.7 Å². The second-order valence-corrected chi connectivity index (χ2v) is 5.04. The highest BCUT2D eigenvalue weighted by atomic mass is 16.7. The molecule has 0 N–H and O–H groups in total. The first-order valence-corrected chi connectivity index (χ1v) is 5.35. The van der Waals surface area contributed by atoms with Gasteiger partial charge in [0, 0.05) is 6.20 Å². The smallest absolute Gasteiger partial charge is 0.516 e. The first-order valence-electron chi connectivity index (χ1n) is 5.35. The van der Waals surface area contributed by atoms with E-state index in [4.69, 9.17) is 9.31 Å². The molecule has 1 aliphatic heterocycles. The van der Waals surface area contributed by atoms with Crippen LogP contribution in [0, 0.1) is 0 Å². The second kappa shape index (κ2) is 3.58. The number of nitrogens with zero attached hydrogens (tertiary/aromatic N) is 2. The molecule has 1 aliphatic rings. The minimum atomic E-state index is -1.38. The van der Waals surface area contributed by atoms with E-state index in [9.17, 15) is 9.90 Å². The van der Waals surface area contributed by atoms with Gasteiger partial charge in [-0.2, -0.15) is 5.10 Å². The lowest BCUT2D eigenvalue weighted by molar-refractivity contribution is -0.251. The molecule has 0 aromatic carbocycles. The van der Waals surface area contributed by atoms with Crippen LogP contribution in [0.3, 0.4) is 0 Å². The number of carboxylic acid groups (broad SMARTS) is 1. The molecule has 0 aliphatic carbocycles. The highest BCUT2D eigenvalue weighted by molar-refractivity contribution is 6.61. The van der Waals surface area contributed by atoms with Gasteiger partial charge in [0.1, 0.15) is 0 Å². The van der Waals surface area contributed by atoms with Crippen LogP contribution in [0.5, 0.6) is 0 Å². The summed E-state index contributed by atoms with van der Waals surface area (Å²) in [4.78, 5) is 10.6. The van der Waals surface area contributed by atoms with Gasteiger partial charge in [-0.05, 0) is 33.8 Å². The summed E-state index contributed by atoms with van der Waals surface area (Å²) < 4.78 is 12.2. The van der Waals surface area contributed by atoms with Crippen LogP contribution in [-0.4, -0.2) is 34.2 Å². The van der Waals surface area contributed by atoms with E-state index >= 15 is 0 Å². The van der Waals surface area contributed by atoms with E-state index in [1.54, 1.807) is 0 Å². The van der Waals surface area contributed by atoms with Crippen molar-refractivity contribution in [2.24, 2.45) is 0 Å². The standard InChI is InChI=1S/C10H15BN2O4/c1-9(2)10(3,4)17-11(16-9)7-5-6-13(12-7)8(14)15/h5-6H,1-4H3,(H,14,15)/p-1. The number of hydrogen-bond acceptors (Lipinski definition) is 5. The number of carbonyl (C=O) groups is 1. The van der Waals surface area contributed by atoms with Crippen molar-refractivity contribution in [3.63, 3.8) is 0 Å². The molecular weight excluding hydrogens is 223 g/mol. The number of carbonyl (C=O) groups excluding carboxylic acids is 1. The van der Waals surface area contributed by atoms with E-state index in [1.807, 2.05) is 27.7 Å². The molecule has 2 rings (SSSR count). The predicted molar refractivity (Wildman–Crippen MR) is 58.7 cm³/mol. The van der Waals surface area contributed by atoms with Gasteiger partial charge in [0.15, 0.2) is 6.09 Å². The molecule has 0 atom stereocenters. The fourth-order valence-corrected chi connectivity index (χ4v) is 1.53. The van der Waals surface area contributed by atoms with Crippen molar-refractivity contribution in [3.05, 3.63) is 12.3 Å². The van der Waals surface area contributed by atoms with Gasteiger partial charge in [-0.3, -0.25) is 0 Å². The van der Waals surface area contributed by atoms with Crippen molar-refractivity contribution in [3.8, 4) is 0 Å². The molecule has 92 valence electrons. The Balaban J connectivity index is 2.23. The second-order valence-electron chi connectivity index (χ2n) is 5.04. The zero-order chi connectivity index (χ0) is 12.8. The van der Waals surface area contributed by atoms with E-state index < -0.39 is 24.4 Å². The molecule has 0 unspecified atom stereocenters. The van der Waals surface area contributed by atoms with Gasteiger partial charge in [-0.25, -0.2) is 4.68 Å². The van der Waals surface area contributed by atoms with E-state index in [0.29, 0.717) is 5.59 Å². The zero-order valence-electron chi connectivity index (χ0n) is 10.3. The predicted octanol–water partition coefficient (Wildman–Crippen LogP) is -0.626. The van der Waals surface area contributed by atoms with Crippen molar-refractivity contribution < 1.29 is 19.2 Å². The molecule has 1 aromatic rings. The topological polar surface area (TPSA) is 76.4 Å². The quantitative estimate of drug-likeness (QED) is 0.608. The molecule has 1 fully saturated rings. The fourth-order valence-electron chi connectivity index (χ4n) is 1.53. The lowest BCUT2D eigenvalue weighted by atomic mass is 9.85. The fraction of sp³-hybridized carbons (Fsp3) is 0.600. The number of aromatic nitrogens is 2. The Bertz CT molecular complexity index is 439. The largest absolute Gasteiger partial charge is 0.528 e. The van der Waals surface area contributed by atoms with Crippen molar-refractivity contribution in [2.45, 2.75) is 38.9 Å². The number of hydrogen-bond donors (Lipinski definition) is 0. The summed E-state index contributed by atoms with van der Waals surface area (Å²) in [5, 5.41) is 14.4. The van der Waals surface area contributed by atoms with Gasteiger partial charge in [0.25, 0.3) is 0 Å². The Morgan fingerprint density at radius 3 is 2.29 bits per heavy atom. The average Bonchev–Trinajstić information content (AvgIpc) is 2.70. The SMILES string of the molecule is CC1(C)OB(c2ccn(C(=O)[O-])n2)OC1(C)C. The third-order valence-corrected chi connectivity index (χ3v) is 3.29. The first kappa shape index (κ1) is 12.1. The van der Waals surface area contributed by atoms with Crippen molar-refractivity contribution in [1.29, 1.82) is 0 Å². The zero-order valence-corrected chi connectivity index (χ0v) is 10.3. The molecule has 6 nitrogen and oxygen atoms in total. The van der Waals surface area contributed by atoms with Gasteiger partial charge < -0.3 is 19.2 Å². The summed E-state index contributed by atoms with van der Waals surface area (Å²) >= 11 is 0. The first-order chi connectivity index (χ1) is 7.73. The van der Waals surface area contributed by atoms with Crippen LogP contribution in [0.25, 0.3) is 0 Å². The van der Waals surface area contributed by atoms with Gasteiger partial charge in [-0.15, -0.1) is 0 Å². The van der Waals surface area contributed by atoms with Gasteiger partial charge in [0.05, 0.1) is 16.8 Å². The molecule has 0 radical (unpaired) electrons. The molecule has 17 heavy (non-hydrogen) atoms. The van der Waals surface area contributed by atoms with Gasteiger partial charge in [0.2, 0.25) is 0 Å². The molecule has 1 saturated heterocycles. The maximum atomic E-state index is 10.6. The molecule has 0 amide bonds. The monoisotopic (exact) mass is 237 g/mol. The van der Waals surface area contributed by atoms with E-state index in [1.165, 1.54) is 12.3 Å². The van der Waals surface area contributed by atoms with E-state index in [2.05, 4.69) is 5.10 Å². The Morgan fingerprint density at radius 1 is 1.35 bits per heavy atom. The summed E-state index contributed by atoms with van der Waals surface area (Å²) in [7, 11) is -0.652. The molecule has 7 heteroatoms. The Kier molecular flexibility index (Phi) is 2.55. The van der Waals surface area contributed by atoms with E-state index in [-0.39, 0.29) is 0 Å². The van der Waals surface area contributed by atoms with Crippen LogP contribution in [0.2, 0.25) is 0 Å². The summed E-state index contributed by atoms with van der Waals surface area (Å²) in [5.41, 5.74) is -0.515. The summed E-state index contributed by atoms with van der Waals surface area (Å²) in [6.07, 6.45) is -0.0804. The Morgan fingerprint density at radius 2 is 1.88 bits per heavy atom. The van der Waals surface area contributed by atoms with Crippen LogP contribution >= 0.6 is 0 Å². The maximum absolute atomic E-state index is 10.6. The molecular formula is C10H14BN2O4-. The lowest BCUT2D eigenvalue weighted by Crippen LogP contribution is -2.41. The molecule has 0 spiro atoms. The molecule has 2 heterocycles. The van der Waals surface area contributed by atoms with Crippen LogP contribution in [0.1, 0.15) is 27.7 Å². The van der Waals surface area contributed by atoms with Crippen molar-refractivity contribution in [1.82, 2.24) is 9.78 Å². The number of rotatable bonds is 1. The normalized spacial score (nSPS) is 21.8. The third kappa shape index (κ3) is 1.96. The van der Waals surface area contributed by atoms with Crippen molar-refractivity contribution in [2.75, 3.05) is 0 Å². The lowest BCUT2D eigenvalue weighted by Gasteiger charge is -2.32. The van der Waals surface area contributed by atoms with E-state index in [0.717, 1.165) is 4.68 Å². The molecule has 0 saturated carbocycles. The van der Waals surface area contributed by atoms with Gasteiger partial charge in [-0.1, -0.05) is 0 Å². The van der Waals surface area contributed by atoms with Crippen LogP contribution in [0.15, 0.2) is 12.3 Å². The summed E-state index contributed by atoms with van der Waals surface area (Å²) in [6.45, 7) is 7.68. The summed E-state index contributed by atoms with van der Waals surface area (Å²) in [5.74, 6) is 0. The maximum Gasteiger partial charge on any atom is 0.516 e. The molecule has 0 bridgehead atoms. The highest BCUT2D eigenvalue weighted by Crippen LogP contribution is 2.36. The minimum Gasteiger partial charge on any atom is -0.528 e. The van der Waals surface area contributed by atoms with Crippen molar-refractivity contribution >= 4 is 18.8 Å². The average molecular weight is 237 g/mol. The minimum absolute atomic E-state index is 0.424. The van der Waals surface area contributed by atoms with Crippen LogP contribution in [0.4, 0.5) is 4.79 Å². The molecule has 1 aromatic heterocycles. The van der Waals surface area contributed by atoms with Gasteiger partial charge >= 0.3 is 7.12 Å².